The zero-order chi connectivity index (χ0) is 18.8. The fraction of sp³-hybridized carbons (Fsp3) is 0.211. The van der Waals surface area contributed by atoms with Crippen molar-refractivity contribution in [3.05, 3.63) is 70.4 Å². The summed E-state index contributed by atoms with van der Waals surface area (Å²) in [6.07, 6.45) is 3.89. The zero-order valence-electron chi connectivity index (χ0n) is 15.1. The topological polar surface area (TPSA) is 83.8 Å². The van der Waals surface area contributed by atoms with Crippen LogP contribution in [0.1, 0.15) is 23.8 Å². The first-order chi connectivity index (χ1) is 13.2. The lowest BCUT2D eigenvalue weighted by molar-refractivity contribution is -0.134. The van der Waals surface area contributed by atoms with Gasteiger partial charge in [0.1, 0.15) is 24.1 Å². The van der Waals surface area contributed by atoms with Crippen LogP contribution in [0.4, 0.5) is 0 Å². The average molecular weight is 419 g/mol. The number of aromatic nitrogens is 1. The molecule has 146 valence electrons. The van der Waals surface area contributed by atoms with E-state index in [-0.39, 0.29) is 30.9 Å². The van der Waals surface area contributed by atoms with Gasteiger partial charge in [0, 0.05) is 18.0 Å². The van der Waals surface area contributed by atoms with Crippen molar-refractivity contribution < 1.29 is 13.9 Å². The molecule has 3 heterocycles. The van der Waals surface area contributed by atoms with E-state index in [1.54, 1.807) is 35.6 Å². The van der Waals surface area contributed by atoms with Crippen LogP contribution in [0.15, 0.2) is 63.8 Å². The van der Waals surface area contributed by atoms with Crippen molar-refractivity contribution in [2.45, 2.75) is 19.0 Å². The predicted octanol–water partition coefficient (Wildman–Crippen LogP) is 3.43. The molecule has 0 saturated heterocycles. The SMILES string of the molecule is COc1ccc(C2=NN(C(=O)Cn3ccsc3=N)C(c3ccco3)C2)cc1.Cl. The largest absolute Gasteiger partial charge is 0.497 e. The van der Waals surface area contributed by atoms with E-state index in [0.717, 1.165) is 17.0 Å². The standard InChI is InChI=1S/C19H18N4O3S.ClH/c1-25-14-6-4-13(5-7-14)15-11-16(17-3-2-9-26-17)23(21-15)18(24)12-22-8-10-27-19(22)20;/h2-10,16,20H,11-12H2,1H3;1H. The number of benzene rings is 1. The fourth-order valence-electron chi connectivity index (χ4n) is 3.05. The molecule has 1 aliphatic rings. The molecule has 0 radical (unpaired) electrons. The second-order valence-corrected chi connectivity index (χ2v) is 6.98. The van der Waals surface area contributed by atoms with Crippen LogP contribution in [0.25, 0.3) is 0 Å². The third kappa shape index (κ3) is 3.88. The Morgan fingerprint density at radius 3 is 2.75 bits per heavy atom. The van der Waals surface area contributed by atoms with Crippen molar-refractivity contribution in [2.24, 2.45) is 5.10 Å². The van der Waals surface area contributed by atoms with Gasteiger partial charge in [0.2, 0.25) is 0 Å². The number of amides is 1. The van der Waals surface area contributed by atoms with Crippen LogP contribution in [0.2, 0.25) is 0 Å². The van der Waals surface area contributed by atoms with Crippen molar-refractivity contribution in [1.29, 1.82) is 5.41 Å². The van der Waals surface area contributed by atoms with Gasteiger partial charge in [-0.1, -0.05) is 0 Å². The minimum atomic E-state index is -0.293. The summed E-state index contributed by atoms with van der Waals surface area (Å²) in [5, 5.41) is 15.7. The highest BCUT2D eigenvalue weighted by Gasteiger charge is 2.34. The molecule has 1 aliphatic heterocycles. The molecular formula is C19H19ClN4O3S. The molecule has 1 unspecified atom stereocenters. The van der Waals surface area contributed by atoms with Gasteiger partial charge >= 0.3 is 0 Å². The second kappa shape index (κ2) is 8.45. The van der Waals surface area contributed by atoms with Gasteiger partial charge in [0.05, 0.1) is 19.1 Å². The number of hydrazone groups is 1. The molecule has 7 nitrogen and oxygen atoms in total. The van der Waals surface area contributed by atoms with Gasteiger partial charge in [0.15, 0.2) is 4.80 Å². The van der Waals surface area contributed by atoms with E-state index in [2.05, 4.69) is 5.10 Å². The van der Waals surface area contributed by atoms with E-state index >= 15 is 0 Å². The number of thiazole rings is 1. The van der Waals surface area contributed by atoms with E-state index in [0.29, 0.717) is 17.0 Å². The fourth-order valence-corrected chi connectivity index (χ4v) is 3.64. The van der Waals surface area contributed by atoms with Gasteiger partial charge in [-0.3, -0.25) is 10.2 Å². The van der Waals surface area contributed by atoms with Gasteiger partial charge in [0.25, 0.3) is 5.91 Å². The molecule has 0 bridgehead atoms. The van der Waals surface area contributed by atoms with Gasteiger partial charge < -0.3 is 13.7 Å². The van der Waals surface area contributed by atoms with Crippen LogP contribution in [-0.2, 0) is 11.3 Å². The maximum atomic E-state index is 12.9. The Morgan fingerprint density at radius 1 is 1.36 bits per heavy atom. The molecule has 0 spiro atoms. The molecule has 1 atom stereocenters. The first-order valence-corrected chi connectivity index (χ1v) is 9.29. The zero-order valence-corrected chi connectivity index (χ0v) is 16.7. The highest BCUT2D eigenvalue weighted by Crippen LogP contribution is 2.33. The maximum Gasteiger partial charge on any atom is 0.263 e. The number of methoxy groups -OCH3 is 1. The lowest BCUT2D eigenvalue weighted by Gasteiger charge is -2.20. The Kier molecular flexibility index (Phi) is 6.01. The number of hydrogen-bond donors (Lipinski definition) is 1. The second-order valence-electron chi connectivity index (χ2n) is 6.08. The van der Waals surface area contributed by atoms with Crippen LogP contribution >= 0.6 is 23.7 Å². The summed E-state index contributed by atoms with van der Waals surface area (Å²) in [6, 6.07) is 11.0. The van der Waals surface area contributed by atoms with Gasteiger partial charge in [-0.2, -0.15) is 5.10 Å². The van der Waals surface area contributed by atoms with Crippen LogP contribution in [0, 0.1) is 5.41 Å². The first kappa shape index (κ1) is 19.9. The molecule has 1 aromatic carbocycles. The van der Waals surface area contributed by atoms with Gasteiger partial charge in [-0.05, 0) is 42.0 Å². The smallest absolute Gasteiger partial charge is 0.263 e. The lowest BCUT2D eigenvalue weighted by Crippen LogP contribution is -2.32. The minimum absolute atomic E-state index is 0. The van der Waals surface area contributed by atoms with E-state index < -0.39 is 0 Å². The maximum absolute atomic E-state index is 12.9. The number of carbonyl (C=O) groups excluding carboxylic acids is 1. The predicted molar refractivity (Wildman–Crippen MR) is 108 cm³/mol. The quantitative estimate of drug-likeness (QED) is 0.688. The molecule has 0 saturated carbocycles. The Balaban J connectivity index is 0.00000225. The van der Waals surface area contributed by atoms with E-state index in [1.165, 1.54) is 16.3 Å². The number of halogens is 1. The van der Waals surface area contributed by atoms with Crippen molar-refractivity contribution in [1.82, 2.24) is 9.58 Å². The molecular weight excluding hydrogens is 400 g/mol. The first-order valence-electron chi connectivity index (χ1n) is 8.41. The summed E-state index contributed by atoms with van der Waals surface area (Å²) in [5.41, 5.74) is 1.75. The molecule has 1 N–H and O–H groups in total. The van der Waals surface area contributed by atoms with E-state index in [1.807, 2.05) is 30.3 Å². The molecule has 9 heteroatoms. The minimum Gasteiger partial charge on any atom is -0.497 e. The van der Waals surface area contributed by atoms with E-state index in [9.17, 15) is 4.79 Å². The number of carbonyl (C=O) groups is 1. The Morgan fingerprint density at radius 2 is 2.14 bits per heavy atom. The number of nitrogens with zero attached hydrogens (tertiary/aromatic N) is 3. The summed E-state index contributed by atoms with van der Waals surface area (Å²) in [6.45, 7) is 0.0684. The van der Waals surface area contributed by atoms with Crippen molar-refractivity contribution in [3.63, 3.8) is 0 Å². The van der Waals surface area contributed by atoms with Crippen molar-refractivity contribution in [2.75, 3.05) is 7.11 Å². The van der Waals surface area contributed by atoms with Gasteiger partial charge in [-0.25, -0.2) is 5.01 Å². The summed E-state index contributed by atoms with van der Waals surface area (Å²) in [4.78, 5) is 13.2. The summed E-state index contributed by atoms with van der Waals surface area (Å²) in [5.74, 6) is 1.28. The summed E-state index contributed by atoms with van der Waals surface area (Å²) >= 11 is 1.28. The molecule has 28 heavy (non-hydrogen) atoms. The van der Waals surface area contributed by atoms with Crippen molar-refractivity contribution >= 4 is 35.4 Å². The van der Waals surface area contributed by atoms with Crippen LogP contribution in [-0.4, -0.2) is 28.3 Å². The summed E-state index contributed by atoms with van der Waals surface area (Å²) in [7, 11) is 1.62. The number of furan rings is 1. The average Bonchev–Trinajstić information content (AvgIpc) is 3.43. The molecule has 3 aromatic rings. The monoisotopic (exact) mass is 418 g/mol. The van der Waals surface area contributed by atoms with Crippen molar-refractivity contribution in [3.8, 4) is 5.75 Å². The normalized spacial score (nSPS) is 15.8. The number of ether oxygens (including phenoxy) is 1. The molecule has 0 fully saturated rings. The number of rotatable bonds is 5. The Bertz CT molecular complexity index is 1020. The third-order valence-electron chi connectivity index (χ3n) is 4.45. The lowest BCUT2D eigenvalue weighted by atomic mass is 10.0. The molecule has 1 amide bonds. The van der Waals surface area contributed by atoms with Crippen LogP contribution in [0.5, 0.6) is 5.75 Å². The molecule has 0 aliphatic carbocycles. The Labute approximate surface area is 171 Å². The molecule has 2 aromatic heterocycles. The highest BCUT2D eigenvalue weighted by molar-refractivity contribution is 7.06. The molecule has 4 rings (SSSR count). The van der Waals surface area contributed by atoms with Crippen LogP contribution in [0.3, 0.4) is 0 Å². The van der Waals surface area contributed by atoms with Crippen LogP contribution < -0.4 is 9.54 Å². The van der Waals surface area contributed by atoms with Gasteiger partial charge in [-0.15, -0.1) is 23.7 Å². The number of hydrogen-bond acceptors (Lipinski definition) is 6. The summed E-state index contributed by atoms with van der Waals surface area (Å²) < 4.78 is 12.4. The Hall–Kier alpha value is -2.84. The highest BCUT2D eigenvalue weighted by atomic mass is 35.5. The third-order valence-corrected chi connectivity index (χ3v) is 5.16. The number of nitrogens with one attached hydrogen (secondary N) is 1. The van der Waals surface area contributed by atoms with E-state index in [4.69, 9.17) is 14.6 Å².